The van der Waals surface area contributed by atoms with Gasteiger partial charge in [-0.05, 0) is 38.5 Å². The van der Waals surface area contributed by atoms with Crippen LogP contribution in [0, 0.1) is 0 Å². The zero-order valence-electron chi connectivity index (χ0n) is 19.2. The predicted molar refractivity (Wildman–Crippen MR) is 123 cm³/mol. The van der Waals surface area contributed by atoms with Crippen molar-refractivity contribution >= 4 is 12.2 Å². The molecule has 4 rings (SSSR count). The van der Waals surface area contributed by atoms with Gasteiger partial charge in [0, 0.05) is 5.69 Å². The number of benzene rings is 2. The third kappa shape index (κ3) is 5.43. The van der Waals surface area contributed by atoms with Gasteiger partial charge in [-0.3, -0.25) is 9.69 Å². The summed E-state index contributed by atoms with van der Waals surface area (Å²) in [6.45, 7) is 5.69. The zero-order valence-corrected chi connectivity index (χ0v) is 19.2. The van der Waals surface area contributed by atoms with E-state index < -0.39 is 23.4 Å². The van der Waals surface area contributed by atoms with Crippen LogP contribution >= 0.6 is 0 Å². The number of amides is 1. The van der Waals surface area contributed by atoms with Gasteiger partial charge in [-0.25, -0.2) is 9.59 Å². The van der Waals surface area contributed by atoms with E-state index in [1.54, 1.807) is 45.0 Å². The normalized spacial score (nSPS) is 12.7. The van der Waals surface area contributed by atoms with Crippen LogP contribution in [-0.2, 0) is 29.2 Å². The van der Waals surface area contributed by atoms with Gasteiger partial charge in [-0.2, -0.15) is 4.98 Å². The molecule has 1 aromatic heterocycles. The van der Waals surface area contributed by atoms with E-state index in [1.165, 1.54) is 4.90 Å². The van der Waals surface area contributed by atoms with E-state index in [4.69, 9.17) is 14.2 Å². The Balaban J connectivity index is 1.51. The van der Waals surface area contributed by atoms with E-state index in [0.717, 1.165) is 5.56 Å². The molecule has 176 valence electrons. The second-order valence-corrected chi connectivity index (χ2v) is 8.81. The monoisotopic (exact) mass is 463 g/mol. The van der Waals surface area contributed by atoms with Gasteiger partial charge in [0.1, 0.15) is 23.8 Å². The van der Waals surface area contributed by atoms with Gasteiger partial charge in [0.25, 0.3) is 5.56 Å². The fourth-order valence-electron chi connectivity index (χ4n) is 3.45. The lowest BCUT2D eigenvalue weighted by Crippen LogP contribution is -2.33. The molecule has 0 atom stereocenters. The number of carbonyl (C=O) groups is 2. The minimum atomic E-state index is -0.879. The first kappa shape index (κ1) is 23.0. The minimum Gasteiger partial charge on any atom is -0.444 e. The smallest absolute Gasteiger partial charge is 0.444 e. The molecule has 1 aliphatic rings. The van der Waals surface area contributed by atoms with Crippen LogP contribution in [0.25, 0.3) is 11.4 Å². The minimum absolute atomic E-state index is 0.0657. The third-order valence-electron chi connectivity index (χ3n) is 4.99. The number of H-pyrrole nitrogens is 1. The first-order valence-corrected chi connectivity index (χ1v) is 10.8. The summed E-state index contributed by atoms with van der Waals surface area (Å²) < 4.78 is 16.0. The van der Waals surface area contributed by atoms with Crippen molar-refractivity contribution in [2.45, 2.75) is 46.1 Å². The van der Waals surface area contributed by atoms with Crippen molar-refractivity contribution in [1.82, 2.24) is 14.9 Å². The highest BCUT2D eigenvalue weighted by atomic mass is 16.7. The van der Waals surface area contributed by atoms with Crippen molar-refractivity contribution in [3.63, 3.8) is 0 Å². The Hall–Kier alpha value is -4.14. The van der Waals surface area contributed by atoms with Gasteiger partial charge in [0.2, 0.25) is 0 Å². The Kier molecular flexibility index (Phi) is 6.36. The van der Waals surface area contributed by atoms with Gasteiger partial charge in [-0.1, -0.05) is 42.5 Å². The van der Waals surface area contributed by atoms with Crippen LogP contribution < -0.4 is 10.3 Å². The lowest BCUT2D eigenvalue weighted by atomic mass is 10.1. The third-order valence-corrected chi connectivity index (χ3v) is 4.99. The van der Waals surface area contributed by atoms with Crippen molar-refractivity contribution in [1.29, 1.82) is 0 Å². The molecule has 1 aliphatic heterocycles. The molecule has 0 spiro atoms. The SMILES string of the molecule is CC(C)(C)OC(=O)N1Cc2[nH]c(-c3ccccc3OC(=O)OCc3ccccc3)nc(=O)c2C1. The quantitative estimate of drug-likeness (QED) is 0.451. The van der Waals surface area contributed by atoms with Gasteiger partial charge in [0.15, 0.2) is 0 Å². The van der Waals surface area contributed by atoms with Crippen molar-refractivity contribution in [2.75, 3.05) is 0 Å². The molecule has 0 saturated heterocycles. The van der Waals surface area contributed by atoms with Gasteiger partial charge >= 0.3 is 12.2 Å². The summed E-state index contributed by atoms with van der Waals surface area (Å²) in [5, 5.41) is 0. The average Bonchev–Trinajstić information content (AvgIpc) is 3.23. The summed E-state index contributed by atoms with van der Waals surface area (Å²) in [5.74, 6) is 0.409. The largest absolute Gasteiger partial charge is 0.514 e. The molecular weight excluding hydrogens is 438 g/mol. The summed E-state index contributed by atoms with van der Waals surface area (Å²) in [6.07, 6.45) is -1.39. The highest BCUT2D eigenvalue weighted by Gasteiger charge is 2.31. The number of nitrogens with one attached hydrogen (secondary N) is 1. The van der Waals surface area contributed by atoms with E-state index in [2.05, 4.69) is 9.97 Å². The highest BCUT2D eigenvalue weighted by molar-refractivity contribution is 5.72. The number of ether oxygens (including phenoxy) is 3. The van der Waals surface area contributed by atoms with Crippen molar-refractivity contribution in [2.24, 2.45) is 0 Å². The number of aromatic amines is 1. The lowest BCUT2D eigenvalue weighted by molar-refractivity contribution is 0.0240. The molecule has 2 heterocycles. The number of fused-ring (bicyclic) bond motifs is 1. The predicted octanol–water partition coefficient (Wildman–Crippen LogP) is 4.40. The maximum atomic E-state index is 12.7. The zero-order chi connectivity index (χ0) is 24.3. The fraction of sp³-hybridized carbons (Fsp3) is 0.280. The number of rotatable bonds is 4. The fourth-order valence-corrected chi connectivity index (χ4v) is 3.45. The molecule has 3 aromatic rings. The first-order valence-electron chi connectivity index (χ1n) is 10.8. The van der Waals surface area contributed by atoms with Crippen LogP contribution in [0.1, 0.15) is 37.6 Å². The second-order valence-electron chi connectivity index (χ2n) is 8.81. The van der Waals surface area contributed by atoms with E-state index in [9.17, 15) is 14.4 Å². The van der Waals surface area contributed by atoms with Crippen molar-refractivity contribution < 1.29 is 23.8 Å². The van der Waals surface area contributed by atoms with Crippen LogP contribution in [0.2, 0.25) is 0 Å². The van der Waals surface area contributed by atoms with E-state index in [-0.39, 0.29) is 31.3 Å². The molecular formula is C25H25N3O6. The summed E-state index contributed by atoms with van der Waals surface area (Å²) >= 11 is 0. The number of hydrogen-bond donors (Lipinski definition) is 1. The molecule has 0 unspecified atom stereocenters. The number of carbonyl (C=O) groups excluding carboxylic acids is 2. The summed E-state index contributed by atoms with van der Waals surface area (Å²) in [7, 11) is 0. The van der Waals surface area contributed by atoms with Crippen LogP contribution in [-0.4, -0.2) is 32.7 Å². The topological polar surface area (TPSA) is 111 Å². The summed E-state index contributed by atoms with van der Waals surface area (Å²) in [5.41, 5.74) is 1.08. The van der Waals surface area contributed by atoms with Crippen LogP contribution in [0.4, 0.5) is 9.59 Å². The first-order chi connectivity index (χ1) is 16.2. The number of aromatic nitrogens is 2. The molecule has 34 heavy (non-hydrogen) atoms. The Morgan fingerprint density at radius 2 is 1.74 bits per heavy atom. The van der Waals surface area contributed by atoms with Crippen LogP contribution in [0.5, 0.6) is 5.75 Å². The van der Waals surface area contributed by atoms with E-state index in [1.807, 2.05) is 30.3 Å². The second kappa shape index (κ2) is 9.38. The molecule has 9 nitrogen and oxygen atoms in total. The lowest BCUT2D eigenvalue weighted by Gasteiger charge is -2.23. The molecule has 1 N–H and O–H groups in total. The Labute approximate surface area is 196 Å². The number of hydrogen-bond acceptors (Lipinski definition) is 7. The summed E-state index contributed by atoms with van der Waals surface area (Å²) in [4.78, 5) is 46.1. The molecule has 2 aromatic carbocycles. The van der Waals surface area contributed by atoms with Crippen LogP contribution in [0.15, 0.2) is 59.4 Å². The van der Waals surface area contributed by atoms with E-state index in [0.29, 0.717) is 16.8 Å². The average molecular weight is 463 g/mol. The van der Waals surface area contributed by atoms with E-state index >= 15 is 0 Å². The molecule has 0 radical (unpaired) electrons. The molecule has 1 amide bonds. The maximum absolute atomic E-state index is 12.7. The molecule has 0 saturated carbocycles. The van der Waals surface area contributed by atoms with Gasteiger partial charge in [0.05, 0.1) is 24.2 Å². The summed E-state index contributed by atoms with van der Waals surface area (Å²) in [6, 6.07) is 15.9. The molecule has 0 bridgehead atoms. The van der Waals surface area contributed by atoms with Gasteiger partial charge < -0.3 is 19.2 Å². The molecule has 0 fully saturated rings. The molecule has 0 aliphatic carbocycles. The van der Waals surface area contributed by atoms with Crippen LogP contribution in [0.3, 0.4) is 0 Å². The standard InChI is InChI=1S/C25H25N3O6/c1-25(2,3)34-23(30)28-13-18-19(14-28)26-21(27-22(18)29)17-11-7-8-12-20(17)33-24(31)32-15-16-9-5-4-6-10-16/h4-12H,13-15H2,1-3H3,(H,26,27,29). The van der Waals surface area contributed by atoms with Gasteiger partial charge in [-0.15, -0.1) is 0 Å². The number of nitrogens with zero attached hydrogens (tertiary/aromatic N) is 2. The Bertz CT molecular complexity index is 1260. The van der Waals surface area contributed by atoms with Crippen molar-refractivity contribution in [3.8, 4) is 17.1 Å². The maximum Gasteiger partial charge on any atom is 0.514 e. The number of para-hydroxylation sites is 1. The highest BCUT2D eigenvalue weighted by Crippen LogP contribution is 2.29. The molecule has 9 heteroatoms. The Morgan fingerprint density at radius 3 is 2.47 bits per heavy atom. The van der Waals surface area contributed by atoms with Crippen molar-refractivity contribution in [3.05, 3.63) is 81.8 Å². The Morgan fingerprint density at radius 1 is 1.03 bits per heavy atom.